The highest BCUT2D eigenvalue weighted by molar-refractivity contribution is 5.61. The maximum atomic E-state index is 6.05. The molecule has 3 nitrogen and oxygen atoms in total. The maximum Gasteiger partial charge on any atom is 0.142 e. The molecule has 1 aliphatic rings. The number of nitrogens with zero attached hydrogens (tertiary/aromatic N) is 1. The van der Waals surface area contributed by atoms with Crippen molar-refractivity contribution in [2.24, 2.45) is 5.73 Å². The number of methoxy groups -OCH3 is 1. The first-order chi connectivity index (χ1) is 7.54. The number of ether oxygens (including phenoxy) is 1. The number of hydrogen-bond donors (Lipinski definition) is 1. The summed E-state index contributed by atoms with van der Waals surface area (Å²) in [5.41, 5.74) is 7.29. The van der Waals surface area contributed by atoms with E-state index in [-0.39, 0.29) is 11.6 Å². The average molecular weight is 220 g/mol. The van der Waals surface area contributed by atoms with Gasteiger partial charge in [-0.05, 0) is 32.4 Å². The van der Waals surface area contributed by atoms with Gasteiger partial charge >= 0.3 is 0 Å². The van der Waals surface area contributed by atoms with Crippen LogP contribution in [-0.2, 0) is 0 Å². The first-order valence-electron chi connectivity index (χ1n) is 5.71. The van der Waals surface area contributed by atoms with Crippen LogP contribution < -0.4 is 15.4 Å². The van der Waals surface area contributed by atoms with E-state index in [4.69, 9.17) is 10.5 Å². The second-order valence-corrected chi connectivity index (χ2v) is 5.06. The van der Waals surface area contributed by atoms with Crippen LogP contribution in [0, 0.1) is 0 Å². The first kappa shape index (κ1) is 11.3. The zero-order valence-corrected chi connectivity index (χ0v) is 10.2. The summed E-state index contributed by atoms with van der Waals surface area (Å²) in [6, 6.07) is 8.37. The summed E-state index contributed by atoms with van der Waals surface area (Å²) >= 11 is 0. The second-order valence-electron chi connectivity index (χ2n) is 5.06. The molecule has 0 saturated carbocycles. The highest BCUT2D eigenvalue weighted by atomic mass is 16.5. The Morgan fingerprint density at radius 3 is 2.62 bits per heavy atom. The van der Waals surface area contributed by atoms with Crippen molar-refractivity contribution in [2.75, 3.05) is 18.6 Å². The fourth-order valence-corrected chi connectivity index (χ4v) is 2.58. The second kappa shape index (κ2) is 3.98. The third-order valence-electron chi connectivity index (χ3n) is 3.29. The molecule has 1 saturated heterocycles. The van der Waals surface area contributed by atoms with Gasteiger partial charge in [0.15, 0.2) is 0 Å². The predicted molar refractivity (Wildman–Crippen MR) is 67.0 cm³/mol. The molecule has 88 valence electrons. The fraction of sp³-hybridized carbons (Fsp3) is 0.538. The fourth-order valence-electron chi connectivity index (χ4n) is 2.58. The lowest BCUT2D eigenvalue weighted by molar-refractivity contribution is 0.410. The lowest BCUT2D eigenvalue weighted by atomic mass is 10.00. The molecule has 0 spiro atoms. The summed E-state index contributed by atoms with van der Waals surface area (Å²) in [6.07, 6.45) is 1.02. The van der Waals surface area contributed by atoms with E-state index in [0.29, 0.717) is 0 Å². The molecule has 1 aromatic rings. The van der Waals surface area contributed by atoms with Gasteiger partial charge < -0.3 is 15.4 Å². The Kier molecular flexibility index (Phi) is 2.80. The number of para-hydroxylation sites is 2. The number of anilines is 1. The van der Waals surface area contributed by atoms with Crippen LogP contribution in [0.1, 0.15) is 20.3 Å². The van der Waals surface area contributed by atoms with Crippen LogP contribution in [0.25, 0.3) is 0 Å². The van der Waals surface area contributed by atoms with Crippen LogP contribution >= 0.6 is 0 Å². The molecule has 2 rings (SSSR count). The summed E-state index contributed by atoms with van der Waals surface area (Å²) < 4.78 is 5.40. The predicted octanol–water partition coefficient (Wildman–Crippen LogP) is 2.01. The standard InChI is InChI=1S/C13H20N2O/c1-13(2)8-10(14)9-15(13)11-6-4-5-7-12(11)16-3/h4-7,10H,8-9,14H2,1-3H3. The van der Waals surface area contributed by atoms with Crippen molar-refractivity contribution >= 4 is 5.69 Å². The van der Waals surface area contributed by atoms with E-state index >= 15 is 0 Å². The normalized spacial score (nSPS) is 23.5. The summed E-state index contributed by atoms with van der Waals surface area (Å²) in [4.78, 5) is 2.34. The van der Waals surface area contributed by atoms with E-state index in [1.165, 1.54) is 0 Å². The molecule has 1 unspecified atom stereocenters. The smallest absolute Gasteiger partial charge is 0.142 e. The van der Waals surface area contributed by atoms with Gasteiger partial charge in [-0.15, -0.1) is 0 Å². The zero-order valence-electron chi connectivity index (χ0n) is 10.2. The van der Waals surface area contributed by atoms with Crippen molar-refractivity contribution in [3.63, 3.8) is 0 Å². The summed E-state index contributed by atoms with van der Waals surface area (Å²) in [7, 11) is 1.71. The number of benzene rings is 1. The van der Waals surface area contributed by atoms with Crippen molar-refractivity contribution in [3.05, 3.63) is 24.3 Å². The topological polar surface area (TPSA) is 38.5 Å². The Bertz CT molecular complexity index is 376. The highest BCUT2D eigenvalue weighted by Crippen LogP contribution is 2.38. The molecule has 0 bridgehead atoms. The Balaban J connectivity index is 2.37. The van der Waals surface area contributed by atoms with E-state index in [1.54, 1.807) is 7.11 Å². The lowest BCUT2D eigenvalue weighted by Crippen LogP contribution is -2.38. The third kappa shape index (κ3) is 1.87. The van der Waals surface area contributed by atoms with Gasteiger partial charge in [0, 0.05) is 18.1 Å². The SMILES string of the molecule is COc1ccccc1N1CC(N)CC1(C)C. The third-order valence-corrected chi connectivity index (χ3v) is 3.29. The van der Waals surface area contributed by atoms with Gasteiger partial charge in [-0.1, -0.05) is 12.1 Å². The van der Waals surface area contributed by atoms with Crippen molar-refractivity contribution in [3.8, 4) is 5.75 Å². The molecule has 1 aliphatic heterocycles. The van der Waals surface area contributed by atoms with E-state index in [0.717, 1.165) is 24.4 Å². The van der Waals surface area contributed by atoms with Gasteiger partial charge in [-0.3, -0.25) is 0 Å². The van der Waals surface area contributed by atoms with Gasteiger partial charge in [-0.2, -0.15) is 0 Å². The van der Waals surface area contributed by atoms with E-state index in [2.05, 4.69) is 24.8 Å². The number of hydrogen-bond acceptors (Lipinski definition) is 3. The van der Waals surface area contributed by atoms with Crippen molar-refractivity contribution in [2.45, 2.75) is 31.8 Å². The van der Waals surface area contributed by atoms with Crippen LogP contribution in [0.4, 0.5) is 5.69 Å². The van der Waals surface area contributed by atoms with Crippen LogP contribution in [0.2, 0.25) is 0 Å². The minimum atomic E-state index is 0.105. The van der Waals surface area contributed by atoms with Crippen molar-refractivity contribution < 1.29 is 4.74 Å². The van der Waals surface area contributed by atoms with Gasteiger partial charge in [-0.25, -0.2) is 0 Å². The summed E-state index contributed by atoms with van der Waals surface area (Å²) in [6.45, 7) is 5.35. The number of nitrogens with two attached hydrogens (primary N) is 1. The quantitative estimate of drug-likeness (QED) is 0.828. The van der Waals surface area contributed by atoms with Crippen LogP contribution in [0.3, 0.4) is 0 Å². The zero-order chi connectivity index (χ0) is 11.8. The molecule has 16 heavy (non-hydrogen) atoms. The molecule has 1 heterocycles. The molecule has 1 fully saturated rings. The van der Waals surface area contributed by atoms with E-state index < -0.39 is 0 Å². The molecular weight excluding hydrogens is 200 g/mol. The van der Waals surface area contributed by atoms with E-state index in [1.807, 2.05) is 18.2 Å². The molecule has 2 N–H and O–H groups in total. The largest absolute Gasteiger partial charge is 0.495 e. The molecule has 0 aliphatic carbocycles. The van der Waals surface area contributed by atoms with Gasteiger partial charge in [0.25, 0.3) is 0 Å². The molecule has 0 aromatic heterocycles. The van der Waals surface area contributed by atoms with Crippen LogP contribution in [0.5, 0.6) is 5.75 Å². The minimum absolute atomic E-state index is 0.105. The summed E-state index contributed by atoms with van der Waals surface area (Å²) in [5, 5.41) is 0. The van der Waals surface area contributed by atoms with E-state index in [9.17, 15) is 0 Å². The average Bonchev–Trinajstić information content (AvgIpc) is 2.51. The van der Waals surface area contributed by atoms with Gasteiger partial charge in [0.2, 0.25) is 0 Å². The maximum absolute atomic E-state index is 6.05. The lowest BCUT2D eigenvalue weighted by Gasteiger charge is -2.34. The molecule has 1 atom stereocenters. The van der Waals surface area contributed by atoms with Crippen molar-refractivity contribution in [1.29, 1.82) is 0 Å². The Morgan fingerprint density at radius 2 is 2.06 bits per heavy atom. The molecular formula is C13H20N2O. The monoisotopic (exact) mass is 220 g/mol. The van der Waals surface area contributed by atoms with Crippen LogP contribution in [0.15, 0.2) is 24.3 Å². The van der Waals surface area contributed by atoms with Crippen LogP contribution in [-0.4, -0.2) is 25.2 Å². The molecule has 1 aromatic carbocycles. The Labute approximate surface area is 97.2 Å². The minimum Gasteiger partial charge on any atom is -0.495 e. The number of rotatable bonds is 2. The molecule has 0 amide bonds. The van der Waals surface area contributed by atoms with Crippen molar-refractivity contribution in [1.82, 2.24) is 0 Å². The Hall–Kier alpha value is -1.22. The van der Waals surface area contributed by atoms with Gasteiger partial charge in [0.05, 0.1) is 12.8 Å². The first-order valence-corrected chi connectivity index (χ1v) is 5.71. The van der Waals surface area contributed by atoms with Gasteiger partial charge in [0.1, 0.15) is 5.75 Å². The summed E-state index contributed by atoms with van der Waals surface area (Å²) in [5.74, 6) is 0.921. The molecule has 3 heteroatoms. The highest BCUT2D eigenvalue weighted by Gasteiger charge is 2.37. The molecule has 0 radical (unpaired) electrons. The Morgan fingerprint density at radius 1 is 1.38 bits per heavy atom.